The van der Waals surface area contributed by atoms with Crippen LogP contribution in [-0.2, 0) is 4.74 Å². The molecule has 1 saturated heterocycles. The Labute approximate surface area is 119 Å². The molecule has 0 spiro atoms. The summed E-state index contributed by atoms with van der Waals surface area (Å²) in [6.45, 7) is 10.3. The fourth-order valence-corrected chi connectivity index (χ4v) is 3.98. The van der Waals surface area contributed by atoms with Crippen LogP contribution >= 0.6 is 0 Å². The van der Waals surface area contributed by atoms with Gasteiger partial charge in [-0.15, -0.1) is 0 Å². The van der Waals surface area contributed by atoms with Crippen LogP contribution in [0.15, 0.2) is 0 Å². The van der Waals surface area contributed by atoms with Crippen molar-refractivity contribution in [3.05, 3.63) is 0 Å². The molecule has 4 atom stereocenters. The molecule has 2 nitrogen and oxygen atoms in total. The summed E-state index contributed by atoms with van der Waals surface area (Å²) in [5.74, 6) is 1.74. The Balaban J connectivity index is 1.91. The molecule has 2 fully saturated rings. The second kappa shape index (κ2) is 6.58. The summed E-state index contributed by atoms with van der Waals surface area (Å²) in [6.07, 6.45) is 8.88. The smallest absolute Gasteiger partial charge is 0.0692 e. The lowest BCUT2D eigenvalue weighted by molar-refractivity contribution is -0.0952. The van der Waals surface area contributed by atoms with Gasteiger partial charge in [-0.25, -0.2) is 0 Å². The molecule has 1 heterocycles. The Morgan fingerprint density at radius 3 is 2.53 bits per heavy atom. The highest BCUT2D eigenvalue weighted by molar-refractivity contribution is 4.91. The molecule has 1 aliphatic carbocycles. The topological polar surface area (TPSA) is 21.3 Å². The Hall–Kier alpha value is -0.0800. The van der Waals surface area contributed by atoms with E-state index in [0.717, 1.165) is 37.3 Å². The first kappa shape index (κ1) is 15.3. The lowest BCUT2D eigenvalue weighted by Crippen LogP contribution is -2.51. The molecule has 0 radical (unpaired) electrons. The summed E-state index contributed by atoms with van der Waals surface area (Å²) in [4.78, 5) is 0. The summed E-state index contributed by atoms with van der Waals surface area (Å²) in [5.41, 5.74) is 0.152. The lowest BCUT2D eigenvalue weighted by atomic mass is 9.78. The van der Waals surface area contributed by atoms with Gasteiger partial charge in [-0.3, -0.25) is 0 Å². The maximum Gasteiger partial charge on any atom is 0.0692 e. The van der Waals surface area contributed by atoms with Gasteiger partial charge in [0, 0.05) is 18.7 Å². The van der Waals surface area contributed by atoms with Gasteiger partial charge in [0.15, 0.2) is 0 Å². The molecule has 1 N–H and O–H groups in total. The quantitative estimate of drug-likeness (QED) is 0.826. The van der Waals surface area contributed by atoms with Crippen LogP contribution in [0.4, 0.5) is 0 Å². The van der Waals surface area contributed by atoms with E-state index in [1.54, 1.807) is 0 Å². The van der Waals surface area contributed by atoms with Gasteiger partial charge in [0.05, 0.1) is 5.60 Å². The van der Waals surface area contributed by atoms with Crippen molar-refractivity contribution in [1.82, 2.24) is 5.32 Å². The highest BCUT2D eigenvalue weighted by atomic mass is 16.5. The molecule has 0 aromatic rings. The molecular formula is C17H33NO. The van der Waals surface area contributed by atoms with Crippen molar-refractivity contribution in [2.45, 2.75) is 90.3 Å². The summed E-state index contributed by atoms with van der Waals surface area (Å²) in [5, 5.41) is 3.98. The van der Waals surface area contributed by atoms with Gasteiger partial charge in [-0.05, 0) is 50.4 Å². The Morgan fingerprint density at radius 2 is 1.84 bits per heavy atom. The maximum atomic E-state index is 6.09. The third kappa shape index (κ3) is 3.72. The monoisotopic (exact) mass is 267 g/mol. The first-order valence-corrected chi connectivity index (χ1v) is 8.48. The molecule has 2 aliphatic rings. The summed E-state index contributed by atoms with van der Waals surface area (Å²) in [6, 6.07) is 1.41. The molecule has 2 rings (SSSR count). The molecule has 0 aromatic heterocycles. The van der Waals surface area contributed by atoms with Crippen molar-refractivity contribution >= 4 is 0 Å². The van der Waals surface area contributed by atoms with Crippen LogP contribution in [0.5, 0.6) is 0 Å². The van der Waals surface area contributed by atoms with Crippen LogP contribution in [0.25, 0.3) is 0 Å². The summed E-state index contributed by atoms with van der Waals surface area (Å²) in [7, 11) is 0. The van der Waals surface area contributed by atoms with Gasteiger partial charge in [0.25, 0.3) is 0 Å². The minimum atomic E-state index is 0.152. The van der Waals surface area contributed by atoms with Gasteiger partial charge < -0.3 is 10.1 Å². The highest BCUT2D eigenvalue weighted by Crippen LogP contribution is 2.34. The van der Waals surface area contributed by atoms with Crippen LogP contribution in [0.2, 0.25) is 0 Å². The second-order valence-corrected chi connectivity index (χ2v) is 7.10. The third-order valence-electron chi connectivity index (χ3n) is 5.69. The van der Waals surface area contributed by atoms with Gasteiger partial charge in [0.2, 0.25) is 0 Å². The molecular weight excluding hydrogens is 234 g/mol. The molecule has 1 aliphatic heterocycles. The Morgan fingerprint density at radius 1 is 1.11 bits per heavy atom. The molecule has 0 amide bonds. The van der Waals surface area contributed by atoms with E-state index < -0.39 is 0 Å². The minimum Gasteiger partial charge on any atom is -0.375 e. The minimum absolute atomic E-state index is 0.152. The molecule has 2 heteroatoms. The fourth-order valence-electron chi connectivity index (χ4n) is 3.98. The number of nitrogens with one attached hydrogen (secondary N) is 1. The Kier molecular flexibility index (Phi) is 5.30. The first-order valence-electron chi connectivity index (χ1n) is 8.48. The van der Waals surface area contributed by atoms with Crippen molar-refractivity contribution in [3.8, 4) is 0 Å². The van der Waals surface area contributed by atoms with Gasteiger partial charge >= 0.3 is 0 Å². The zero-order valence-electron chi connectivity index (χ0n) is 13.4. The van der Waals surface area contributed by atoms with Gasteiger partial charge in [-0.2, -0.15) is 0 Å². The van der Waals surface area contributed by atoms with Crippen LogP contribution in [0.3, 0.4) is 0 Å². The normalized spacial score (nSPS) is 39.2. The fraction of sp³-hybridized carbons (Fsp3) is 1.00. The number of hydrogen-bond acceptors (Lipinski definition) is 2. The van der Waals surface area contributed by atoms with Gasteiger partial charge in [-0.1, -0.05) is 34.1 Å². The van der Waals surface area contributed by atoms with E-state index in [9.17, 15) is 0 Å². The van der Waals surface area contributed by atoms with Crippen LogP contribution in [-0.4, -0.2) is 24.3 Å². The highest BCUT2D eigenvalue weighted by Gasteiger charge is 2.36. The number of rotatable bonds is 4. The molecule has 112 valence electrons. The van der Waals surface area contributed by atoms with Crippen molar-refractivity contribution in [1.29, 1.82) is 0 Å². The van der Waals surface area contributed by atoms with E-state index in [-0.39, 0.29) is 5.60 Å². The van der Waals surface area contributed by atoms with Crippen LogP contribution < -0.4 is 5.32 Å². The van der Waals surface area contributed by atoms with Gasteiger partial charge in [0.1, 0.15) is 0 Å². The molecule has 19 heavy (non-hydrogen) atoms. The number of hydrogen-bond donors (Lipinski definition) is 1. The number of ether oxygens (including phenoxy) is 1. The molecule has 0 bridgehead atoms. The van der Waals surface area contributed by atoms with Crippen molar-refractivity contribution in [3.63, 3.8) is 0 Å². The van der Waals surface area contributed by atoms with Crippen LogP contribution in [0.1, 0.15) is 72.6 Å². The molecule has 4 unspecified atom stereocenters. The van der Waals surface area contributed by atoms with Crippen LogP contribution in [0, 0.1) is 11.8 Å². The zero-order chi connectivity index (χ0) is 13.9. The first-order chi connectivity index (χ1) is 9.08. The average Bonchev–Trinajstić information content (AvgIpc) is 2.43. The van der Waals surface area contributed by atoms with E-state index in [4.69, 9.17) is 4.74 Å². The third-order valence-corrected chi connectivity index (χ3v) is 5.69. The van der Waals surface area contributed by atoms with Crippen molar-refractivity contribution in [2.24, 2.45) is 11.8 Å². The predicted octanol–water partition coefficient (Wildman–Crippen LogP) is 4.14. The Bertz CT molecular complexity index is 274. The van der Waals surface area contributed by atoms with E-state index in [2.05, 4.69) is 33.0 Å². The van der Waals surface area contributed by atoms with E-state index in [1.165, 1.54) is 32.1 Å². The van der Waals surface area contributed by atoms with E-state index in [0.29, 0.717) is 6.04 Å². The molecule has 0 aromatic carbocycles. The zero-order valence-corrected chi connectivity index (χ0v) is 13.4. The van der Waals surface area contributed by atoms with Crippen molar-refractivity contribution < 1.29 is 4.74 Å². The predicted molar refractivity (Wildman–Crippen MR) is 81.4 cm³/mol. The van der Waals surface area contributed by atoms with E-state index in [1.807, 2.05) is 0 Å². The second-order valence-electron chi connectivity index (χ2n) is 7.10. The summed E-state index contributed by atoms with van der Waals surface area (Å²) < 4.78 is 6.09. The lowest BCUT2D eigenvalue weighted by Gasteiger charge is -2.43. The average molecular weight is 267 g/mol. The van der Waals surface area contributed by atoms with Crippen molar-refractivity contribution in [2.75, 3.05) is 6.61 Å². The standard InChI is InChI=1S/C17H33NO/c1-5-17(6-2)12-15(9-10-19-17)18-16-11-13(3)7-8-14(16)4/h13-16,18H,5-12H2,1-4H3. The van der Waals surface area contributed by atoms with E-state index >= 15 is 0 Å². The molecule has 1 saturated carbocycles. The largest absolute Gasteiger partial charge is 0.375 e. The maximum absolute atomic E-state index is 6.09. The SMILES string of the molecule is CCC1(CC)CC(NC2CC(C)CCC2C)CCO1. The summed E-state index contributed by atoms with van der Waals surface area (Å²) >= 11 is 0.